The molecule has 0 heterocycles. The molecule has 3 N–H and O–H groups in total. The summed E-state index contributed by atoms with van der Waals surface area (Å²) in [6.07, 6.45) is -1.33. The number of benzene rings is 2. The van der Waals surface area contributed by atoms with Gasteiger partial charge >= 0.3 is 0 Å². The van der Waals surface area contributed by atoms with Crippen molar-refractivity contribution >= 4 is 22.6 Å². The molecule has 0 aliphatic heterocycles. The summed E-state index contributed by atoms with van der Waals surface area (Å²) in [6, 6.07) is 15.6. The number of ether oxygens (including phenoxy) is 2. The summed E-state index contributed by atoms with van der Waals surface area (Å²) >= 11 is 2.13. The molecule has 27 heavy (non-hydrogen) atoms. The van der Waals surface area contributed by atoms with Gasteiger partial charge in [-0.1, -0.05) is 60.7 Å². The molecule has 0 spiro atoms. The van der Waals surface area contributed by atoms with E-state index in [4.69, 9.17) is 14.6 Å². The fraction of sp³-hybridized carbons (Fsp3) is 0.429. The summed E-state index contributed by atoms with van der Waals surface area (Å²) in [7, 11) is 0. The fourth-order valence-corrected chi connectivity index (χ4v) is 2.84. The van der Waals surface area contributed by atoms with Crippen molar-refractivity contribution in [1.29, 1.82) is 0 Å². The van der Waals surface area contributed by atoms with Crippen LogP contribution in [0.3, 0.4) is 0 Å². The summed E-state index contributed by atoms with van der Waals surface area (Å²) < 4.78 is 11.7. The Morgan fingerprint density at radius 3 is 1.59 bits per heavy atom. The predicted octanol–water partition coefficient (Wildman–Crippen LogP) is 2.92. The van der Waals surface area contributed by atoms with Gasteiger partial charge in [0.2, 0.25) is 0 Å². The van der Waals surface area contributed by atoms with Crippen LogP contribution in [0.1, 0.15) is 25.0 Å². The van der Waals surface area contributed by atoms with Crippen LogP contribution in [0.4, 0.5) is 0 Å². The van der Waals surface area contributed by atoms with E-state index >= 15 is 0 Å². The van der Waals surface area contributed by atoms with E-state index in [9.17, 15) is 10.2 Å². The lowest BCUT2D eigenvalue weighted by molar-refractivity contribution is 0.0536. The van der Waals surface area contributed by atoms with Crippen molar-refractivity contribution in [2.45, 2.75) is 31.5 Å². The average molecular weight is 486 g/mol. The van der Waals surface area contributed by atoms with Crippen LogP contribution in [-0.2, 0) is 5.41 Å². The van der Waals surface area contributed by atoms with E-state index in [0.29, 0.717) is 10.2 Å². The molecule has 6 heteroatoms. The summed E-state index contributed by atoms with van der Waals surface area (Å²) in [5, 5.41) is 27.8. The molecule has 2 rings (SSSR count). The van der Waals surface area contributed by atoms with Gasteiger partial charge in [-0.3, -0.25) is 0 Å². The van der Waals surface area contributed by atoms with E-state index in [1.807, 2.05) is 48.5 Å². The molecule has 0 amide bonds. The molecule has 2 atom stereocenters. The molecule has 2 aromatic rings. The third-order valence-corrected chi connectivity index (χ3v) is 5.44. The first-order valence-electron chi connectivity index (χ1n) is 8.86. The standard InChI is InChI=1S/C21H27IO5/c1-21(2,15-3-7-19(8-4-15)26-13-17(24)11-22)16-5-9-20(10-6-16)27-14-18(25)12-23/h3-10,17-18,23-25H,11-14H2,1-2H3/t17?,18-/m0/s1. The second kappa shape index (κ2) is 10.3. The summed E-state index contributed by atoms with van der Waals surface area (Å²) in [4.78, 5) is 0. The van der Waals surface area contributed by atoms with Gasteiger partial charge in [-0.05, 0) is 35.4 Å². The Balaban J connectivity index is 2.04. The van der Waals surface area contributed by atoms with Gasteiger partial charge in [0.15, 0.2) is 0 Å². The predicted molar refractivity (Wildman–Crippen MR) is 114 cm³/mol. The number of hydrogen-bond donors (Lipinski definition) is 3. The van der Waals surface area contributed by atoms with Crippen LogP contribution in [0.5, 0.6) is 11.5 Å². The van der Waals surface area contributed by atoms with Crippen LogP contribution in [0.2, 0.25) is 0 Å². The molecule has 0 aliphatic carbocycles. The molecule has 0 saturated heterocycles. The van der Waals surface area contributed by atoms with Gasteiger partial charge in [0.05, 0.1) is 12.7 Å². The van der Waals surface area contributed by atoms with Gasteiger partial charge in [0.25, 0.3) is 0 Å². The Labute approximate surface area is 174 Å². The van der Waals surface area contributed by atoms with Crippen molar-refractivity contribution in [3.05, 3.63) is 59.7 Å². The monoisotopic (exact) mass is 486 g/mol. The zero-order valence-electron chi connectivity index (χ0n) is 15.6. The van der Waals surface area contributed by atoms with E-state index < -0.39 is 12.2 Å². The minimum atomic E-state index is -0.875. The quantitative estimate of drug-likeness (QED) is 0.356. The Kier molecular flexibility index (Phi) is 8.34. The van der Waals surface area contributed by atoms with Crippen molar-refractivity contribution < 1.29 is 24.8 Å². The van der Waals surface area contributed by atoms with Crippen LogP contribution in [0.15, 0.2) is 48.5 Å². The highest BCUT2D eigenvalue weighted by Gasteiger charge is 2.23. The molecule has 0 bridgehead atoms. The Morgan fingerprint density at radius 1 is 0.815 bits per heavy atom. The van der Waals surface area contributed by atoms with E-state index in [-0.39, 0.29) is 25.2 Å². The van der Waals surface area contributed by atoms with Crippen LogP contribution >= 0.6 is 22.6 Å². The normalized spacial score (nSPS) is 13.9. The lowest BCUT2D eigenvalue weighted by Gasteiger charge is -2.26. The zero-order valence-corrected chi connectivity index (χ0v) is 17.8. The van der Waals surface area contributed by atoms with Gasteiger partial charge in [0.1, 0.15) is 30.8 Å². The molecule has 2 aromatic carbocycles. The summed E-state index contributed by atoms with van der Waals surface area (Å²) in [6.45, 7) is 4.33. The molecule has 148 valence electrons. The number of aliphatic hydroxyl groups is 3. The maximum Gasteiger partial charge on any atom is 0.119 e. The van der Waals surface area contributed by atoms with Gasteiger partial charge in [0, 0.05) is 9.84 Å². The second-order valence-corrected chi connectivity index (χ2v) is 7.82. The topological polar surface area (TPSA) is 79.2 Å². The maximum atomic E-state index is 9.59. The van der Waals surface area contributed by atoms with Crippen LogP contribution < -0.4 is 9.47 Å². The third-order valence-electron chi connectivity index (χ3n) is 4.43. The SMILES string of the molecule is CC(C)(c1ccc(OCC(O)CI)cc1)c1ccc(OC[C@@H](O)CO)cc1. The Hall–Kier alpha value is -1.35. The minimum absolute atomic E-state index is 0.0625. The molecule has 1 unspecified atom stereocenters. The highest BCUT2D eigenvalue weighted by Crippen LogP contribution is 2.33. The highest BCUT2D eigenvalue weighted by atomic mass is 127. The van der Waals surface area contributed by atoms with Gasteiger partial charge in [-0.25, -0.2) is 0 Å². The van der Waals surface area contributed by atoms with Gasteiger partial charge in [-0.2, -0.15) is 0 Å². The zero-order chi connectivity index (χ0) is 19.9. The molecule has 0 aliphatic rings. The first kappa shape index (κ1) is 21.9. The summed E-state index contributed by atoms with van der Waals surface area (Å²) in [5.41, 5.74) is 2.07. The number of aliphatic hydroxyl groups excluding tert-OH is 3. The lowest BCUT2D eigenvalue weighted by Crippen LogP contribution is -2.21. The average Bonchev–Trinajstić information content (AvgIpc) is 2.70. The molecular weight excluding hydrogens is 459 g/mol. The van der Waals surface area contributed by atoms with Crippen molar-refractivity contribution in [3.63, 3.8) is 0 Å². The van der Waals surface area contributed by atoms with Crippen molar-refractivity contribution in [1.82, 2.24) is 0 Å². The van der Waals surface area contributed by atoms with Crippen molar-refractivity contribution in [2.75, 3.05) is 24.2 Å². The first-order chi connectivity index (χ1) is 12.9. The summed E-state index contributed by atoms with van der Waals surface area (Å²) in [5.74, 6) is 1.39. The third kappa shape index (κ3) is 6.34. The number of hydrogen-bond acceptors (Lipinski definition) is 5. The molecule has 0 radical (unpaired) electrons. The lowest BCUT2D eigenvalue weighted by atomic mass is 9.78. The van der Waals surface area contributed by atoms with E-state index in [0.717, 1.165) is 16.9 Å². The number of alkyl halides is 1. The Bertz CT molecular complexity index is 625. The molecule has 0 aromatic heterocycles. The van der Waals surface area contributed by atoms with E-state index in [1.165, 1.54) is 0 Å². The minimum Gasteiger partial charge on any atom is -0.491 e. The maximum absolute atomic E-state index is 9.59. The Morgan fingerprint density at radius 2 is 1.22 bits per heavy atom. The largest absolute Gasteiger partial charge is 0.491 e. The number of halogens is 1. The van der Waals surface area contributed by atoms with Crippen LogP contribution in [0, 0.1) is 0 Å². The smallest absolute Gasteiger partial charge is 0.119 e. The van der Waals surface area contributed by atoms with Gasteiger partial charge in [-0.15, -0.1) is 0 Å². The number of rotatable bonds is 10. The fourth-order valence-electron chi connectivity index (χ4n) is 2.58. The van der Waals surface area contributed by atoms with Crippen LogP contribution in [-0.4, -0.2) is 51.8 Å². The van der Waals surface area contributed by atoms with Gasteiger partial charge < -0.3 is 24.8 Å². The molecule has 0 fully saturated rings. The highest BCUT2D eigenvalue weighted by molar-refractivity contribution is 14.1. The van der Waals surface area contributed by atoms with E-state index in [1.54, 1.807) is 0 Å². The molecular formula is C21H27IO5. The first-order valence-corrected chi connectivity index (χ1v) is 10.4. The second-order valence-electron chi connectivity index (χ2n) is 6.94. The van der Waals surface area contributed by atoms with Crippen molar-refractivity contribution in [3.8, 4) is 11.5 Å². The van der Waals surface area contributed by atoms with E-state index in [2.05, 4.69) is 36.4 Å². The molecule has 0 saturated carbocycles. The van der Waals surface area contributed by atoms with Crippen LogP contribution in [0.25, 0.3) is 0 Å². The van der Waals surface area contributed by atoms with Crippen molar-refractivity contribution in [2.24, 2.45) is 0 Å². The molecule has 5 nitrogen and oxygen atoms in total.